The Morgan fingerprint density at radius 2 is 2.31 bits per heavy atom. The Hall–Kier alpha value is -2.35. The highest BCUT2D eigenvalue weighted by Gasteiger charge is 2.31. The fourth-order valence-corrected chi connectivity index (χ4v) is 3.81. The first-order valence-corrected chi connectivity index (χ1v) is 9.16. The van der Waals surface area contributed by atoms with Crippen molar-refractivity contribution in [2.24, 2.45) is 5.92 Å². The van der Waals surface area contributed by atoms with Crippen LogP contribution in [0.1, 0.15) is 34.8 Å². The van der Waals surface area contributed by atoms with E-state index in [2.05, 4.69) is 20.7 Å². The molecule has 2 aromatic heterocycles. The summed E-state index contributed by atoms with van der Waals surface area (Å²) in [6.45, 7) is 3.55. The molecular weight excluding hydrogens is 334 g/mol. The number of hydrogen-bond donors (Lipinski definition) is 2. The van der Waals surface area contributed by atoms with Gasteiger partial charge in [0.2, 0.25) is 0 Å². The van der Waals surface area contributed by atoms with Gasteiger partial charge in [0.15, 0.2) is 0 Å². The van der Waals surface area contributed by atoms with Crippen LogP contribution in [0.25, 0.3) is 0 Å². The Morgan fingerprint density at radius 1 is 1.42 bits per heavy atom. The zero-order chi connectivity index (χ0) is 18.1. The molecule has 2 aliphatic rings. The molecule has 8 heteroatoms. The first-order valence-electron chi connectivity index (χ1n) is 9.16. The van der Waals surface area contributed by atoms with Crippen LogP contribution in [0, 0.1) is 12.8 Å². The molecule has 1 aliphatic heterocycles. The Bertz CT molecular complexity index is 784. The number of aryl methyl sites for hydroxylation is 2. The van der Waals surface area contributed by atoms with Gasteiger partial charge in [0.25, 0.3) is 0 Å². The summed E-state index contributed by atoms with van der Waals surface area (Å²) in [7, 11) is 1.80. The first kappa shape index (κ1) is 17.1. The molecule has 2 aromatic rings. The lowest BCUT2D eigenvalue weighted by Gasteiger charge is -2.23. The van der Waals surface area contributed by atoms with E-state index < -0.39 is 0 Å². The average molecular weight is 359 g/mol. The van der Waals surface area contributed by atoms with E-state index in [1.807, 2.05) is 13.0 Å². The Kier molecular flexibility index (Phi) is 4.67. The van der Waals surface area contributed by atoms with Crippen LogP contribution in [0.2, 0.25) is 0 Å². The van der Waals surface area contributed by atoms with Crippen molar-refractivity contribution in [2.75, 3.05) is 20.3 Å². The number of fused-ring (bicyclic) bond motifs is 1. The second-order valence-electron chi connectivity index (χ2n) is 7.33. The third-order valence-electron chi connectivity index (χ3n) is 5.27. The molecular formula is C18H25N5O3. The Balaban J connectivity index is 1.34. The molecule has 2 atom stereocenters. The SMILES string of the molecule is Cc1cc(C[C@@H]2COC[C@@H]2NC(=O)N(C)Cc2n[nH]c3c2CCC3)on1. The van der Waals surface area contributed by atoms with Crippen molar-refractivity contribution < 1.29 is 14.1 Å². The number of rotatable bonds is 5. The minimum absolute atomic E-state index is 0.0275. The molecule has 2 amide bonds. The number of aromatic nitrogens is 3. The van der Waals surface area contributed by atoms with Crippen molar-refractivity contribution in [3.63, 3.8) is 0 Å². The molecule has 1 fully saturated rings. The minimum Gasteiger partial charge on any atom is -0.379 e. The molecule has 0 unspecified atom stereocenters. The zero-order valence-electron chi connectivity index (χ0n) is 15.2. The molecule has 0 radical (unpaired) electrons. The van der Waals surface area contributed by atoms with E-state index in [0.717, 1.165) is 36.4 Å². The van der Waals surface area contributed by atoms with Crippen LogP contribution in [-0.2, 0) is 30.5 Å². The van der Waals surface area contributed by atoms with Gasteiger partial charge in [-0.25, -0.2) is 4.79 Å². The van der Waals surface area contributed by atoms with Crippen molar-refractivity contribution in [2.45, 2.75) is 45.2 Å². The molecule has 4 rings (SSSR count). The summed E-state index contributed by atoms with van der Waals surface area (Å²) in [5.41, 5.74) is 4.35. The summed E-state index contributed by atoms with van der Waals surface area (Å²) in [5, 5.41) is 14.5. The van der Waals surface area contributed by atoms with Crippen LogP contribution in [0.15, 0.2) is 10.6 Å². The van der Waals surface area contributed by atoms with E-state index >= 15 is 0 Å². The number of nitrogens with one attached hydrogen (secondary N) is 2. The molecule has 26 heavy (non-hydrogen) atoms. The number of ether oxygens (including phenoxy) is 1. The predicted molar refractivity (Wildman–Crippen MR) is 93.7 cm³/mol. The Labute approximate surface area is 152 Å². The van der Waals surface area contributed by atoms with Crippen LogP contribution in [0.5, 0.6) is 0 Å². The van der Waals surface area contributed by atoms with Gasteiger partial charge in [-0.3, -0.25) is 5.10 Å². The van der Waals surface area contributed by atoms with E-state index in [4.69, 9.17) is 9.26 Å². The first-order chi connectivity index (χ1) is 12.6. The maximum atomic E-state index is 12.6. The van der Waals surface area contributed by atoms with Crippen LogP contribution in [0.4, 0.5) is 4.79 Å². The lowest BCUT2D eigenvalue weighted by Crippen LogP contribution is -2.46. The maximum absolute atomic E-state index is 12.6. The number of carbonyl (C=O) groups is 1. The number of amides is 2. The summed E-state index contributed by atoms with van der Waals surface area (Å²) in [5.74, 6) is 1.02. The van der Waals surface area contributed by atoms with Gasteiger partial charge < -0.3 is 19.5 Å². The summed E-state index contributed by atoms with van der Waals surface area (Å²) in [6.07, 6.45) is 3.98. The van der Waals surface area contributed by atoms with Gasteiger partial charge in [0.1, 0.15) is 5.76 Å². The third-order valence-corrected chi connectivity index (χ3v) is 5.27. The highest BCUT2D eigenvalue weighted by molar-refractivity contribution is 5.74. The highest BCUT2D eigenvalue weighted by Crippen LogP contribution is 2.24. The maximum Gasteiger partial charge on any atom is 0.317 e. The second-order valence-corrected chi connectivity index (χ2v) is 7.33. The van der Waals surface area contributed by atoms with Gasteiger partial charge in [-0.2, -0.15) is 5.10 Å². The van der Waals surface area contributed by atoms with E-state index in [1.165, 1.54) is 11.3 Å². The normalized spacial score (nSPS) is 21.8. The summed E-state index contributed by atoms with van der Waals surface area (Å²) in [4.78, 5) is 14.3. The van der Waals surface area contributed by atoms with Gasteiger partial charge in [0, 0.05) is 31.1 Å². The van der Waals surface area contributed by atoms with Crippen LogP contribution in [0.3, 0.4) is 0 Å². The van der Waals surface area contributed by atoms with E-state index in [9.17, 15) is 4.79 Å². The van der Waals surface area contributed by atoms with Crippen LogP contribution < -0.4 is 5.32 Å². The monoisotopic (exact) mass is 359 g/mol. The van der Waals surface area contributed by atoms with Crippen molar-refractivity contribution in [1.82, 2.24) is 25.6 Å². The molecule has 0 spiro atoms. The molecule has 3 heterocycles. The number of nitrogens with zero attached hydrogens (tertiary/aromatic N) is 3. The molecule has 1 aliphatic carbocycles. The van der Waals surface area contributed by atoms with Gasteiger partial charge in [-0.05, 0) is 31.7 Å². The largest absolute Gasteiger partial charge is 0.379 e. The number of aromatic amines is 1. The van der Waals surface area contributed by atoms with Gasteiger partial charge in [-0.1, -0.05) is 5.16 Å². The molecule has 1 saturated heterocycles. The fraction of sp³-hybridized carbons (Fsp3) is 0.611. The van der Waals surface area contributed by atoms with Gasteiger partial charge >= 0.3 is 6.03 Å². The molecule has 0 aromatic carbocycles. The topological polar surface area (TPSA) is 96.3 Å². The lowest BCUT2D eigenvalue weighted by molar-refractivity contribution is 0.178. The molecule has 0 saturated carbocycles. The molecule has 2 N–H and O–H groups in total. The van der Waals surface area contributed by atoms with Crippen molar-refractivity contribution >= 4 is 6.03 Å². The van der Waals surface area contributed by atoms with E-state index in [0.29, 0.717) is 26.2 Å². The molecule has 140 valence electrons. The summed E-state index contributed by atoms with van der Waals surface area (Å²) in [6, 6.07) is 1.80. The minimum atomic E-state index is -0.103. The van der Waals surface area contributed by atoms with Crippen LogP contribution >= 0.6 is 0 Å². The second kappa shape index (κ2) is 7.11. The van der Waals surface area contributed by atoms with E-state index in [-0.39, 0.29) is 18.0 Å². The van der Waals surface area contributed by atoms with E-state index in [1.54, 1.807) is 11.9 Å². The molecule has 0 bridgehead atoms. The van der Waals surface area contributed by atoms with Crippen LogP contribution in [-0.4, -0.2) is 52.6 Å². The van der Waals surface area contributed by atoms with Crippen molar-refractivity contribution in [3.05, 3.63) is 34.5 Å². The van der Waals surface area contributed by atoms with Gasteiger partial charge in [-0.15, -0.1) is 0 Å². The lowest BCUT2D eigenvalue weighted by atomic mass is 9.98. The number of H-pyrrole nitrogens is 1. The summed E-state index contributed by atoms with van der Waals surface area (Å²) >= 11 is 0. The fourth-order valence-electron chi connectivity index (χ4n) is 3.81. The highest BCUT2D eigenvalue weighted by atomic mass is 16.5. The number of hydrogen-bond acceptors (Lipinski definition) is 5. The molecule has 8 nitrogen and oxygen atoms in total. The average Bonchev–Trinajstić information content (AvgIpc) is 3.36. The quantitative estimate of drug-likeness (QED) is 0.845. The Morgan fingerprint density at radius 3 is 3.12 bits per heavy atom. The smallest absolute Gasteiger partial charge is 0.317 e. The van der Waals surface area contributed by atoms with Gasteiger partial charge in [0.05, 0.1) is 37.2 Å². The predicted octanol–water partition coefficient (Wildman–Crippen LogP) is 1.59. The summed E-state index contributed by atoms with van der Waals surface area (Å²) < 4.78 is 10.9. The number of urea groups is 1. The zero-order valence-corrected chi connectivity index (χ0v) is 15.2. The number of carbonyl (C=O) groups excluding carboxylic acids is 1. The third kappa shape index (κ3) is 3.46. The van der Waals surface area contributed by atoms with Crippen molar-refractivity contribution in [1.29, 1.82) is 0 Å². The van der Waals surface area contributed by atoms with Crippen molar-refractivity contribution in [3.8, 4) is 0 Å². The standard InChI is InChI=1S/C18H25N5O3/c1-11-6-13(26-22-11)7-12-9-25-10-17(12)19-18(24)23(2)8-16-14-4-3-5-15(14)20-21-16/h6,12,17H,3-5,7-10H2,1-2H3,(H,19,24)(H,20,21)/t12-,17+/m1/s1.